The van der Waals surface area contributed by atoms with E-state index in [2.05, 4.69) is 9.97 Å². The van der Waals surface area contributed by atoms with Crippen LogP contribution in [0.2, 0.25) is 0 Å². The van der Waals surface area contributed by atoms with Gasteiger partial charge in [0.15, 0.2) is 5.82 Å². The highest BCUT2D eigenvalue weighted by Crippen LogP contribution is 2.24. The van der Waals surface area contributed by atoms with Crippen molar-refractivity contribution in [2.24, 2.45) is 0 Å². The standard InChI is InChI=1S/C21H27N5O2/c1-24(15-9-16-7-10-22-11-8-16)20(27)18-17-6-2-3-14-26(17)19(23-18)21(28)25-12-4-5-13-25/h7-8,10-11H,2-6,9,12-15H2,1H3. The van der Waals surface area contributed by atoms with Crippen LogP contribution in [-0.2, 0) is 19.4 Å². The highest BCUT2D eigenvalue weighted by Gasteiger charge is 2.31. The molecular weight excluding hydrogens is 354 g/mol. The van der Waals surface area contributed by atoms with Crippen molar-refractivity contribution in [3.8, 4) is 0 Å². The number of rotatable bonds is 5. The average molecular weight is 381 g/mol. The molecule has 2 aliphatic heterocycles. The van der Waals surface area contributed by atoms with E-state index in [0.29, 0.717) is 18.1 Å². The van der Waals surface area contributed by atoms with Crippen LogP contribution >= 0.6 is 0 Å². The van der Waals surface area contributed by atoms with Crippen LogP contribution in [-0.4, -0.2) is 62.8 Å². The Bertz CT molecular complexity index is 855. The number of amides is 2. The van der Waals surface area contributed by atoms with Crippen molar-refractivity contribution in [3.63, 3.8) is 0 Å². The summed E-state index contributed by atoms with van der Waals surface area (Å²) in [5.41, 5.74) is 2.53. The largest absolute Gasteiger partial charge is 0.340 e. The van der Waals surface area contributed by atoms with Gasteiger partial charge in [0.05, 0.1) is 5.69 Å². The molecule has 0 spiro atoms. The maximum absolute atomic E-state index is 13.1. The van der Waals surface area contributed by atoms with Gasteiger partial charge in [-0.2, -0.15) is 0 Å². The minimum atomic E-state index is -0.0971. The smallest absolute Gasteiger partial charge is 0.289 e. The molecule has 0 radical (unpaired) electrons. The molecule has 4 rings (SSSR count). The van der Waals surface area contributed by atoms with E-state index in [4.69, 9.17) is 0 Å². The van der Waals surface area contributed by atoms with E-state index in [1.165, 1.54) is 0 Å². The zero-order valence-corrected chi connectivity index (χ0v) is 16.4. The lowest BCUT2D eigenvalue weighted by molar-refractivity contribution is 0.0774. The van der Waals surface area contributed by atoms with Crippen LogP contribution < -0.4 is 0 Å². The first-order valence-corrected chi connectivity index (χ1v) is 10.2. The number of pyridine rings is 1. The Morgan fingerprint density at radius 2 is 1.79 bits per heavy atom. The van der Waals surface area contributed by atoms with Gasteiger partial charge in [-0.05, 0) is 56.2 Å². The highest BCUT2D eigenvalue weighted by molar-refractivity contribution is 5.97. The van der Waals surface area contributed by atoms with Crippen LogP contribution in [0.15, 0.2) is 24.5 Å². The summed E-state index contributed by atoms with van der Waals surface area (Å²) in [6.45, 7) is 2.95. The number of fused-ring (bicyclic) bond motifs is 1. The van der Waals surface area contributed by atoms with Gasteiger partial charge in [0.2, 0.25) is 0 Å². The number of aromatic nitrogens is 3. The number of likely N-dealkylation sites (N-methyl/N-ethyl adjacent to an activating group) is 1. The fourth-order valence-electron chi connectivity index (χ4n) is 4.07. The average Bonchev–Trinajstić information content (AvgIpc) is 3.40. The third kappa shape index (κ3) is 3.66. The van der Waals surface area contributed by atoms with Gasteiger partial charge in [-0.15, -0.1) is 0 Å². The molecule has 148 valence electrons. The third-order valence-electron chi connectivity index (χ3n) is 5.74. The van der Waals surface area contributed by atoms with Gasteiger partial charge < -0.3 is 14.4 Å². The molecule has 7 nitrogen and oxygen atoms in total. The summed E-state index contributed by atoms with van der Waals surface area (Å²) in [7, 11) is 1.81. The molecule has 1 fully saturated rings. The van der Waals surface area contributed by atoms with Crippen LogP contribution in [0.25, 0.3) is 0 Å². The summed E-state index contributed by atoms with van der Waals surface area (Å²) in [6, 6.07) is 3.92. The molecular formula is C21H27N5O2. The molecule has 0 atom stereocenters. The Hall–Kier alpha value is -2.70. The first-order chi connectivity index (χ1) is 13.6. The maximum atomic E-state index is 13.1. The first kappa shape index (κ1) is 18.7. The van der Waals surface area contributed by atoms with Crippen molar-refractivity contribution in [3.05, 3.63) is 47.3 Å². The van der Waals surface area contributed by atoms with Gasteiger partial charge in [0.1, 0.15) is 5.69 Å². The summed E-state index contributed by atoms with van der Waals surface area (Å²) < 4.78 is 1.99. The van der Waals surface area contributed by atoms with Crippen molar-refractivity contribution >= 4 is 11.8 Å². The second-order valence-electron chi connectivity index (χ2n) is 7.67. The number of hydrogen-bond acceptors (Lipinski definition) is 4. The van der Waals surface area contributed by atoms with Crippen LogP contribution in [0, 0.1) is 0 Å². The normalized spacial score (nSPS) is 16.1. The molecule has 0 bridgehead atoms. The van der Waals surface area contributed by atoms with E-state index in [1.54, 1.807) is 24.3 Å². The minimum absolute atomic E-state index is 0.0286. The molecule has 7 heteroatoms. The number of likely N-dealkylation sites (tertiary alicyclic amines) is 1. The zero-order chi connectivity index (χ0) is 19.5. The van der Waals surface area contributed by atoms with Gasteiger partial charge >= 0.3 is 0 Å². The van der Waals surface area contributed by atoms with Gasteiger partial charge in [-0.25, -0.2) is 4.98 Å². The maximum Gasteiger partial charge on any atom is 0.289 e. The summed E-state index contributed by atoms with van der Waals surface area (Å²) in [6.07, 6.45) is 9.24. The monoisotopic (exact) mass is 381 g/mol. The molecule has 28 heavy (non-hydrogen) atoms. The van der Waals surface area contributed by atoms with Gasteiger partial charge in [-0.1, -0.05) is 0 Å². The number of carbonyl (C=O) groups is 2. The topological polar surface area (TPSA) is 71.3 Å². The third-order valence-corrected chi connectivity index (χ3v) is 5.74. The number of imidazole rings is 1. The molecule has 0 unspecified atom stereocenters. The van der Waals surface area contributed by atoms with Gasteiger partial charge in [0.25, 0.3) is 11.8 Å². The molecule has 1 saturated heterocycles. The lowest BCUT2D eigenvalue weighted by atomic mass is 10.1. The molecule has 0 saturated carbocycles. The van der Waals surface area contributed by atoms with E-state index >= 15 is 0 Å². The Kier molecular flexibility index (Phi) is 5.41. The molecule has 0 aliphatic carbocycles. The Labute approximate surface area is 165 Å². The van der Waals surface area contributed by atoms with E-state index in [9.17, 15) is 9.59 Å². The highest BCUT2D eigenvalue weighted by atomic mass is 16.2. The van der Waals surface area contributed by atoms with Gasteiger partial charge in [0, 0.05) is 45.6 Å². The van der Waals surface area contributed by atoms with E-state index in [0.717, 1.165) is 69.4 Å². The number of hydrogen-bond donors (Lipinski definition) is 0. The molecule has 0 aromatic carbocycles. The van der Waals surface area contributed by atoms with Crippen molar-refractivity contribution in [1.82, 2.24) is 24.3 Å². The molecule has 4 heterocycles. The zero-order valence-electron chi connectivity index (χ0n) is 16.4. The Morgan fingerprint density at radius 1 is 1.07 bits per heavy atom. The van der Waals surface area contributed by atoms with Crippen LogP contribution in [0.5, 0.6) is 0 Å². The second kappa shape index (κ2) is 8.12. The van der Waals surface area contributed by atoms with Crippen LogP contribution in [0.4, 0.5) is 0 Å². The number of nitrogens with zero attached hydrogens (tertiary/aromatic N) is 5. The molecule has 2 aromatic heterocycles. The fraction of sp³-hybridized carbons (Fsp3) is 0.524. The SMILES string of the molecule is CN(CCc1ccncc1)C(=O)c1nc(C(=O)N2CCCC2)n2c1CCCC2. The Balaban J connectivity index is 1.54. The molecule has 2 amide bonds. The summed E-state index contributed by atoms with van der Waals surface area (Å²) in [5, 5.41) is 0. The molecule has 2 aliphatic rings. The number of carbonyl (C=O) groups excluding carboxylic acids is 2. The van der Waals surface area contributed by atoms with E-state index < -0.39 is 0 Å². The van der Waals surface area contributed by atoms with E-state index in [-0.39, 0.29) is 11.8 Å². The summed E-state index contributed by atoms with van der Waals surface area (Å²) in [4.78, 5) is 38.2. The van der Waals surface area contributed by atoms with E-state index in [1.807, 2.05) is 21.6 Å². The van der Waals surface area contributed by atoms with Crippen molar-refractivity contribution in [2.75, 3.05) is 26.7 Å². The predicted octanol–water partition coefficient (Wildman–Crippen LogP) is 2.17. The quantitative estimate of drug-likeness (QED) is 0.796. The Morgan fingerprint density at radius 3 is 2.54 bits per heavy atom. The van der Waals surface area contributed by atoms with Gasteiger partial charge in [-0.3, -0.25) is 14.6 Å². The van der Waals surface area contributed by atoms with Crippen molar-refractivity contribution in [2.45, 2.75) is 45.1 Å². The molecule has 0 N–H and O–H groups in total. The minimum Gasteiger partial charge on any atom is -0.340 e. The fourth-order valence-corrected chi connectivity index (χ4v) is 4.07. The molecule has 2 aromatic rings. The lowest BCUT2D eigenvalue weighted by Crippen LogP contribution is -2.31. The van der Waals surface area contributed by atoms with Crippen molar-refractivity contribution in [1.29, 1.82) is 0 Å². The van der Waals surface area contributed by atoms with Crippen LogP contribution in [0.3, 0.4) is 0 Å². The summed E-state index contributed by atoms with van der Waals surface area (Å²) in [5.74, 6) is 0.321. The lowest BCUT2D eigenvalue weighted by Gasteiger charge is -2.20. The van der Waals surface area contributed by atoms with Crippen LogP contribution in [0.1, 0.15) is 58.0 Å². The van der Waals surface area contributed by atoms with Crippen molar-refractivity contribution < 1.29 is 9.59 Å². The summed E-state index contributed by atoms with van der Waals surface area (Å²) >= 11 is 0. The second-order valence-corrected chi connectivity index (χ2v) is 7.67. The predicted molar refractivity (Wildman–Crippen MR) is 105 cm³/mol. The first-order valence-electron chi connectivity index (χ1n) is 10.2.